The van der Waals surface area contributed by atoms with Crippen molar-refractivity contribution < 1.29 is 9.32 Å². The van der Waals surface area contributed by atoms with Crippen LogP contribution in [0, 0.1) is 12.8 Å². The molecule has 0 spiro atoms. The molecule has 7 heteroatoms. The second-order valence-electron chi connectivity index (χ2n) is 4.90. The Labute approximate surface area is 128 Å². The van der Waals surface area contributed by atoms with Gasteiger partial charge in [-0.05, 0) is 25.1 Å². The maximum atomic E-state index is 12.1. The van der Waals surface area contributed by atoms with Crippen LogP contribution in [-0.4, -0.2) is 29.1 Å². The van der Waals surface area contributed by atoms with Crippen LogP contribution in [0.3, 0.4) is 0 Å². The molecule has 3 rings (SSSR count). The van der Waals surface area contributed by atoms with Gasteiger partial charge >= 0.3 is 0 Å². The Hall–Kier alpha value is -1.92. The van der Waals surface area contributed by atoms with Crippen LogP contribution in [0.4, 0.5) is 5.69 Å². The molecular formula is C14H17ClN4O2. The van der Waals surface area contributed by atoms with E-state index in [1.54, 1.807) is 6.92 Å². The van der Waals surface area contributed by atoms with Crippen LogP contribution in [0.1, 0.15) is 12.3 Å². The third-order valence-corrected chi connectivity index (χ3v) is 3.35. The average Bonchev–Trinajstić information content (AvgIpc) is 3.10. The van der Waals surface area contributed by atoms with E-state index in [2.05, 4.69) is 20.8 Å². The Kier molecular flexibility index (Phi) is 4.93. The van der Waals surface area contributed by atoms with Crippen molar-refractivity contribution in [3.8, 4) is 11.4 Å². The van der Waals surface area contributed by atoms with Crippen molar-refractivity contribution in [2.75, 3.05) is 18.4 Å². The number of anilines is 1. The predicted molar refractivity (Wildman–Crippen MR) is 81.3 cm³/mol. The normalized spacial score (nSPS) is 17.3. The molecule has 1 aliphatic heterocycles. The second-order valence-corrected chi connectivity index (χ2v) is 4.90. The Morgan fingerprint density at radius 1 is 1.48 bits per heavy atom. The summed E-state index contributed by atoms with van der Waals surface area (Å²) in [5, 5.41) is 10.00. The molecule has 1 unspecified atom stereocenters. The molecule has 2 N–H and O–H groups in total. The zero-order valence-electron chi connectivity index (χ0n) is 11.6. The molecule has 0 bridgehead atoms. The zero-order valence-corrected chi connectivity index (χ0v) is 12.4. The standard InChI is InChI=1S/C14H16N4O2.ClH/c1-9-16-13(18-20-9)10-3-2-4-12(7-10)17-14(19)11-5-6-15-8-11;/h2-4,7,11,15H,5-6,8H2,1H3,(H,17,19);1H. The number of aryl methyl sites for hydroxylation is 1. The number of carbonyl (C=O) groups excluding carboxylic acids is 1. The highest BCUT2D eigenvalue weighted by Gasteiger charge is 2.22. The molecule has 1 aromatic carbocycles. The SMILES string of the molecule is Cc1nc(-c2cccc(NC(=O)C3CCNC3)c2)no1.Cl. The summed E-state index contributed by atoms with van der Waals surface area (Å²) in [4.78, 5) is 16.2. The minimum absolute atomic E-state index is 0. The molecular weight excluding hydrogens is 292 g/mol. The molecule has 6 nitrogen and oxygen atoms in total. The first kappa shape index (κ1) is 15.5. The van der Waals surface area contributed by atoms with Crippen molar-refractivity contribution in [1.29, 1.82) is 0 Å². The largest absolute Gasteiger partial charge is 0.339 e. The van der Waals surface area contributed by atoms with Crippen LogP contribution in [0.25, 0.3) is 11.4 Å². The number of rotatable bonds is 3. The molecule has 2 aromatic rings. The van der Waals surface area contributed by atoms with Gasteiger partial charge in [0, 0.05) is 24.7 Å². The topological polar surface area (TPSA) is 80.0 Å². The number of hydrogen-bond donors (Lipinski definition) is 2. The van der Waals surface area contributed by atoms with E-state index in [9.17, 15) is 4.79 Å². The molecule has 1 aliphatic rings. The minimum atomic E-state index is 0. The lowest BCUT2D eigenvalue weighted by Gasteiger charge is -2.10. The van der Waals surface area contributed by atoms with Crippen LogP contribution in [0.5, 0.6) is 0 Å². The Morgan fingerprint density at radius 3 is 3.00 bits per heavy atom. The highest BCUT2D eigenvalue weighted by molar-refractivity contribution is 5.93. The lowest BCUT2D eigenvalue weighted by atomic mass is 10.1. The summed E-state index contributed by atoms with van der Waals surface area (Å²) in [6.45, 7) is 3.39. The molecule has 0 aliphatic carbocycles. The fraction of sp³-hybridized carbons (Fsp3) is 0.357. The van der Waals surface area contributed by atoms with Crippen molar-refractivity contribution in [2.45, 2.75) is 13.3 Å². The van der Waals surface area contributed by atoms with Crippen molar-refractivity contribution in [2.24, 2.45) is 5.92 Å². The third-order valence-electron chi connectivity index (χ3n) is 3.35. The number of halogens is 1. The molecule has 1 fully saturated rings. The van der Waals surface area contributed by atoms with Gasteiger partial charge in [-0.25, -0.2) is 0 Å². The zero-order chi connectivity index (χ0) is 13.9. The van der Waals surface area contributed by atoms with E-state index in [4.69, 9.17) is 4.52 Å². The van der Waals surface area contributed by atoms with Gasteiger partial charge in [0.1, 0.15) is 0 Å². The maximum absolute atomic E-state index is 12.1. The van der Waals surface area contributed by atoms with E-state index >= 15 is 0 Å². The van der Waals surface area contributed by atoms with E-state index in [0.717, 1.165) is 30.8 Å². The van der Waals surface area contributed by atoms with E-state index < -0.39 is 0 Å². The molecule has 0 saturated carbocycles. The fourth-order valence-electron chi connectivity index (χ4n) is 2.28. The summed E-state index contributed by atoms with van der Waals surface area (Å²) in [7, 11) is 0. The van der Waals surface area contributed by atoms with Crippen molar-refractivity contribution in [3.63, 3.8) is 0 Å². The monoisotopic (exact) mass is 308 g/mol. The highest BCUT2D eigenvalue weighted by atomic mass is 35.5. The lowest BCUT2D eigenvalue weighted by Crippen LogP contribution is -2.24. The number of aromatic nitrogens is 2. The van der Waals surface area contributed by atoms with E-state index in [0.29, 0.717) is 11.7 Å². The summed E-state index contributed by atoms with van der Waals surface area (Å²) in [6.07, 6.45) is 0.884. The number of hydrogen-bond acceptors (Lipinski definition) is 5. The molecule has 1 atom stereocenters. The third kappa shape index (κ3) is 3.59. The average molecular weight is 309 g/mol. The van der Waals surface area contributed by atoms with Gasteiger partial charge in [0.25, 0.3) is 0 Å². The number of amides is 1. The molecule has 1 aromatic heterocycles. The summed E-state index contributed by atoms with van der Waals surface area (Å²) < 4.78 is 4.96. The molecule has 0 radical (unpaired) electrons. The van der Waals surface area contributed by atoms with Crippen LogP contribution in [-0.2, 0) is 4.79 Å². The summed E-state index contributed by atoms with van der Waals surface area (Å²) >= 11 is 0. The van der Waals surface area contributed by atoms with Gasteiger partial charge in [-0.2, -0.15) is 4.98 Å². The Balaban J connectivity index is 0.00000161. The van der Waals surface area contributed by atoms with E-state index in [1.165, 1.54) is 0 Å². The maximum Gasteiger partial charge on any atom is 0.228 e. The first-order chi connectivity index (χ1) is 9.72. The fourth-order valence-corrected chi connectivity index (χ4v) is 2.28. The summed E-state index contributed by atoms with van der Waals surface area (Å²) in [5.41, 5.74) is 1.58. The summed E-state index contributed by atoms with van der Waals surface area (Å²) in [5.74, 6) is 1.15. The Morgan fingerprint density at radius 2 is 2.33 bits per heavy atom. The van der Waals surface area contributed by atoms with Crippen molar-refractivity contribution in [1.82, 2.24) is 15.5 Å². The van der Waals surface area contributed by atoms with Gasteiger partial charge in [-0.3, -0.25) is 4.79 Å². The number of nitrogens with zero attached hydrogens (tertiary/aromatic N) is 2. The van der Waals surface area contributed by atoms with Gasteiger partial charge < -0.3 is 15.2 Å². The molecule has 112 valence electrons. The van der Waals surface area contributed by atoms with Gasteiger partial charge in [0.15, 0.2) is 0 Å². The van der Waals surface area contributed by atoms with E-state index in [-0.39, 0.29) is 24.2 Å². The second kappa shape index (κ2) is 6.69. The highest BCUT2D eigenvalue weighted by Crippen LogP contribution is 2.21. The number of carbonyl (C=O) groups is 1. The first-order valence-electron chi connectivity index (χ1n) is 6.65. The smallest absolute Gasteiger partial charge is 0.228 e. The van der Waals surface area contributed by atoms with Crippen LogP contribution >= 0.6 is 12.4 Å². The van der Waals surface area contributed by atoms with Crippen LogP contribution in [0.15, 0.2) is 28.8 Å². The minimum Gasteiger partial charge on any atom is -0.339 e. The van der Waals surface area contributed by atoms with Crippen molar-refractivity contribution >= 4 is 24.0 Å². The number of nitrogens with one attached hydrogen (secondary N) is 2. The molecule has 21 heavy (non-hydrogen) atoms. The lowest BCUT2D eigenvalue weighted by molar-refractivity contribution is -0.119. The van der Waals surface area contributed by atoms with E-state index in [1.807, 2.05) is 24.3 Å². The summed E-state index contributed by atoms with van der Waals surface area (Å²) in [6, 6.07) is 7.46. The molecule has 1 saturated heterocycles. The molecule has 1 amide bonds. The van der Waals surface area contributed by atoms with Crippen LogP contribution < -0.4 is 10.6 Å². The molecule has 2 heterocycles. The number of benzene rings is 1. The van der Waals surface area contributed by atoms with Gasteiger partial charge in [-0.1, -0.05) is 17.3 Å². The quantitative estimate of drug-likeness (QED) is 0.906. The van der Waals surface area contributed by atoms with Crippen molar-refractivity contribution in [3.05, 3.63) is 30.2 Å². The Bertz CT molecular complexity index is 623. The van der Waals surface area contributed by atoms with Gasteiger partial charge in [0.2, 0.25) is 17.6 Å². The van der Waals surface area contributed by atoms with Crippen LogP contribution in [0.2, 0.25) is 0 Å². The van der Waals surface area contributed by atoms with Gasteiger partial charge in [0.05, 0.1) is 5.92 Å². The van der Waals surface area contributed by atoms with Gasteiger partial charge in [-0.15, -0.1) is 12.4 Å². The predicted octanol–water partition coefficient (Wildman–Crippen LogP) is 2.01. The first-order valence-corrected chi connectivity index (χ1v) is 6.65.